The van der Waals surface area contributed by atoms with Gasteiger partial charge in [-0.25, -0.2) is 0 Å². The summed E-state index contributed by atoms with van der Waals surface area (Å²) in [5, 5.41) is 1.67. The molecule has 1 aromatic heterocycles. The number of aromatic nitrogens is 1. The molecule has 6 rings (SSSR count). The molecule has 4 aromatic rings. The number of likely N-dealkylation sites (tertiary alicyclic amines) is 1. The van der Waals surface area contributed by atoms with Crippen molar-refractivity contribution in [1.82, 2.24) is 9.88 Å². The molecule has 0 aliphatic carbocycles. The second-order valence-corrected chi connectivity index (χ2v) is 10.4. The van der Waals surface area contributed by atoms with Crippen LogP contribution in [0.1, 0.15) is 36.0 Å². The van der Waals surface area contributed by atoms with Crippen LogP contribution in [0.15, 0.2) is 66.9 Å². The van der Waals surface area contributed by atoms with E-state index in [1.54, 1.807) is 0 Å². The molecule has 2 aliphatic rings. The van der Waals surface area contributed by atoms with Crippen LogP contribution in [0.4, 0.5) is 10.1 Å². The molecule has 0 amide bonds. The van der Waals surface area contributed by atoms with Gasteiger partial charge in [0.25, 0.3) is 0 Å². The Bertz CT molecular complexity index is 1480. The van der Waals surface area contributed by atoms with Crippen LogP contribution in [0.25, 0.3) is 22.0 Å². The summed E-state index contributed by atoms with van der Waals surface area (Å²) in [5.74, 6) is 1.57. The lowest BCUT2D eigenvalue weighted by molar-refractivity contribution is 0.198. The van der Waals surface area contributed by atoms with Gasteiger partial charge in [-0.15, -0.1) is 0 Å². The van der Waals surface area contributed by atoms with Crippen LogP contribution < -0.4 is 15.2 Å². The number of halogens is 2. The second-order valence-electron chi connectivity index (χ2n) is 10.00. The molecule has 0 spiro atoms. The Hall–Kier alpha value is -3.48. The van der Waals surface area contributed by atoms with Crippen LogP contribution in [-0.2, 0) is 0 Å². The normalized spacial score (nSPS) is 17.9. The van der Waals surface area contributed by atoms with E-state index in [9.17, 15) is 4.39 Å². The number of H-pyrrole nitrogens is 1. The summed E-state index contributed by atoms with van der Waals surface area (Å²) in [7, 11) is 0. The molecule has 1 atom stereocenters. The van der Waals surface area contributed by atoms with Crippen molar-refractivity contribution in [3.05, 3.63) is 88.6 Å². The van der Waals surface area contributed by atoms with Gasteiger partial charge in [0.1, 0.15) is 17.6 Å². The quantitative estimate of drug-likeness (QED) is 0.253. The van der Waals surface area contributed by atoms with E-state index in [1.807, 2.05) is 30.5 Å². The maximum absolute atomic E-state index is 12.5. The summed E-state index contributed by atoms with van der Waals surface area (Å²) < 4.78 is 25.0. The number of hydrogen-bond acceptors (Lipinski definition) is 4. The first kappa shape index (κ1) is 24.8. The number of fused-ring (bicyclic) bond motifs is 2. The van der Waals surface area contributed by atoms with E-state index in [4.69, 9.17) is 26.8 Å². The Balaban J connectivity index is 1.37. The van der Waals surface area contributed by atoms with Crippen molar-refractivity contribution in [2.75, 3.05) is 38.6 Å². The minimum absolute atomic E-state index is 0.122. The highest BCUT2D eigenvalue weighted by Crippen LogP contribution is 2.44. The van der Waals surface area contributed by atoms with Gasteiger partial charge in [-0.2, -0.15) is 0 Å². The van der Waals surface area contributed by atoms with Gasteiger partial charge in [-0.3, -0.25) is 9.29 Å². The van der Waals surface area contributed by atoms with Gasteiger partial charge in [-0.05, 0) is 76.9 Å². The zero-order valence-electron chi connectivity index (χ0n) is 21.2. The number of anilines is 1. The van der Waals surface area contributed by atoms with Gasteiger partial charge in [-0.1, -0.05) is 29.8 Å². The molecule has 0 bridgehead atoms. The van der Waals surface area contributed by atoms with E-state index in [2.05, 4.69) is 46.3 Å². The van der Waals surface area contributed by atoms with Gasteiger partial charge >= 0.3 is 0 Å². The number of nitrogen functional groups attached to an aromatic ring is 1. The first-order valence-corrected chi connectivity index (χ1v) is 13.5. The SMILES string of the molecule is Nc1cc2c(cc1Cl)C(c1ccc(OC3CCN(CCCF)C3)cc1)=C(c1ccc3[nH]ccc3c1)CCO2. The average Bonchev–Trinajstić information content (AvgIpc) is 3.54. The number of rotatable bonds is 7. The fourth-order valence-electron chi connectivity index (χ4n) is 5.57. The van der Waals surface area contributed by atoms with E-state index < -0.39 is 0 Å². The summed E-state index contributed by atoms with van der Waals surface area (Å²) in [6.45, 7) is 2.84. The maximum atomic E-state index is 12.5. The topological polar surface area (TPSA) is 63.5 Å². The molecule has 2 aliphatic heterocycles. The summed E-state index contributed by atoms with van der Waals surface area (Å²) >= 11 is 6.52. The Labute approximate surface area is 227 Å². The van der Waals surface area contributed by atoms with Crippen LogP contribution >= 0.6 is 11.6 Å². The van der Waals surface area contributed by atoms with Crippen molar-refractivity contribution in [3.8, 4) is 11.5 Å². The standard InChI is InChI=1S/C31H31ClFN3O2/c32-27-17-26-30(18-28(27)34)37-15-10-25(21-4-7-29-22(16-21)8-12-35-29)31(26)20-2-5-23(6-3-20)38-24-9-14-36(19-24)13-1-11-33/h2-8,12,16-18,24,35H,1,9-11,13-15,19,34H2. The Morgan fingerprint density at radius 3 is 2.76 bits per heavy atom. The molecule has 1 fully saturated rings. The molecule has 0 saturated carbocycles. The van der Waals surface area contributed by atoms with E-state index in [0.717, 1.165) is 77.1 Å². The van der Waals surface area contributed by atoms with Gasteiger partial charge in [0.15, 0.2) is 0 Å². The average molecular weight is 532 g/mol. The highest BCUT2D eigenvalue weighted by molar-refractivity contribution is 6.33. The Morgan fingerprint density at radius 1 is 1.08 bits per heavy atom. The summed E-state index contributed by atoms with van der Waals surface area (Å²) in [6, 6.07) is 20.6. The summed E-state index contributed by atoms with van der Waals surface area (Å²) in [6.07, 6.45) is 4.36. The molecule has 1 saturated heterocycles. The molecule has 3 N–H and O–H groups in total. The lowest BCUT2D eigenvalue weighted by Crippen LogP contribution is -2.26. The highest BCUT2D eigenvalue weighted by Gasteiger charge is 2.25. The van der Waals surface area contributed by atoms with Gasteiger partial charge in [0, 0.05) is 49.4 Å². The zero-order valence-corrected chi connectivity index (χ0v) is 21.9. The summed E-state index contributed by atoms with van der Waals surface area (Å²) in [5.41, 5.74) is 13.2. The van der Waals surface area contributed by atoms with Crippen LogP contribution in [0, 0.1) is 0 Å². The van der Waals surface area contributed by atoms with Crippen molar-refractivity contribution >= 4 is 39.3 Å². The zero-order chi connectivity index (χ0) is 26.1. The Morgan fingerprint density at radius 2 is 1.92 bits per heavy atom. The predicted octanol–water partition coefficient (Wildman–Crippen LogP) is 6.96. The molecule has 7 heteroatoms. The third-order valence-corrected chi connectivity index (χ3v) is 7.79. The van der Waals surface area contributed by atoms with Crippen molar-refractivity contribution in [3.63, 3.8) is 0 Å². The van der Waals surface area contributed by atoms with E-state index >= 15 is 0 Å². The number of alkyl halides is 1. The van der Waals surface area contributed by atoms with Crippen molar-refractivity contribution < 1.29 is 13.9 Å². The number of aromatic amines is 1. The van der Waals surface area contributed by atoms with Gasteiger partial charge in [0.2, 0.25) is 0 Å². The Kier molecular flexibility index (Phi) is 7.00. The molecule has 5 nitrogen and oxygen atoms in total. The largest absolute Gasteiger partial charge is 0.493 e. The van der Waals surface area contributed by atoms with E-state index in [0.29, 0.717) is 23.7 Å². The molecule has 196 valence electrons. The first-order chi connectivity index (χ1) is 18.6. The number of ether oxygens (including phenoxy) is 2. The molecule has 3 aromatic carbocycles. The van der Waals surface area contributed by atoms with Crippen LogP contribution in [0.3, 0.4) is 0 Å². The summed E-state index contributed by atoms with van der Waals surface area (Å²) in [4.78, 5) is 5.55. The van der Waals surface area contributed by atoms with Gasteiger partial charge < -0.3 is 20.2 Å². The third kappa shape index (κ3) is 4.98. The molecule has 1 unspecified atom stereocenters. The molecule has 38 heavy (non-hydrogen) atoms. The predicted molar refractivity (Wildman–Crippen MR) is 153 cm³/mol. The fourth-order valence-corrected chi connectivity index (χ4v) is 5.73. The van der Waals surface area contributed by atoms with Crippen LogP contribution in [0.2, 0.25) is 5.02 Å². The number of nitrogens with one attached hydrogen (secondary N) is 1. The maximum Gasteiger partial charge on any atom is 0.129 e. The van der Waals surface area contributed by atoms with E-state index in [-0.39, 0.29) is 12.8 Å². The van der Waals surface area contributed by atoms with Crippen molar-refractivity contribution in [2.45, 2.75) is 25.4 Å². The second kappa shape index (κ2) is 10.7. The fraction of sp³-hybridized carbons (Fsp3) is 0.290. The first-order valence-electron chi connectivity index (χ1n) is 13.2. The molecular formula is C31H31ClFN3O2. The van der Waals surface area contributed by atoms with Crippen LogP contribution in [0.5, 0.6) is 11.5 Å². The number of benzene rings is 3. The smallest absolute Gasteiger partial charge is 0.129 e. The minimum atomic E-state index is -0.271. The van der Waals surface area contributed by atoms with Gasteiger partial charge in [0.05, 0.1) is 24.0 Å². The number of nitrogens with zero attached hydrogens (tertiary/aromatic N) is 1. The van der Waals surface area contributed by atoms with Crippen molar-refractivity contribution in [1.29, 1.82) is 0 Å². The van der Waals surface area contributed by atoms with Crippen LogP contribution in [-0.4, -0.2) is 48.9 Å². The third-order valence-electron chi connectivity index (χ3n) is 7.46. The highest BCUT2D eigenvalue weighted by atomic mass is 35.5. The monoisotopic (exact) mass is 531 g/mol. The van der Waals surface area contributed by atoms with E-state index in [1.165, 1.54) is 5.57 Å². The number of nitrogens with two attached hydrogens (primary N) is 1. The number of hydrogen-bond donors (Lipinski definition) is 2. The molecule has 3 heterocycles. The molecule has 0 radical (unpaired) electrons. The lowest BCUT2D eigenvalue weighted by Gasteiger charge is -2.18. The lowest BCUT2D eigenvalue weighted by atomic mass is 9.87. The molecular weight excluding hydrogens is 501 g/mol. The van der Waals surface area contributed by atoms with Crippen molar-refractivity contribution in [2.24, 2.45) is 0 Å². The minimum Gasteiger partial charge on any atom is -0.493 e.